The molecule has 5 heteroatoms. The van der Waals surface area contributed by atoms with Crippen molar-refractivity contribution in [2.45, 2.75) is 6.92 Å². The van der Waals surface area contributed by atoms with Gasteiger partial charge in [-0.15, -0.1) is 0 Å². The van der Waals surface area contributed by atoms with Gasteiger partial charge >= 0.3 is 0 Å². The molecule has 0 spiro atoms. The SMILES string of the molecule is Cc1ccc(Br)cc1C(=O)NCCOc1ccc(N)cc1. The molecule has 0 saturated heterocycles. The smallest absolute Gasteiger partial charge is 0.251 e. The third kappa shape index (κ3) is 4.49. The predicted molar refractivity (Wildman–Crippen MR) is 87.6 cm³/mol. The van der Waals surface area contributed by atoms with E-state index >= 15 is 0 Å². The first-order valence-corrected chi connectivity index (χ1v) is 7.38. The van der Waals surface area contributed by atoms with Crippen molar-refractivity contribution >= 4 is 27.5 Å². The van der Waals surface area contributed by atoms with E-state index in [1.807, 2.05) is 25.1 Å². The summed E-state index contributed by atoms with van der Waals surface area (Å²) >= 11 is 3.37. The second-order valence-corrected chi connectivity index (χ2v) is 5.55. The fourth-order valence-corrected chi connectivity index (χ4v) is 2.19. The molecule has 0 fully saturated rings. The lowest BCUT2D eigenvalue weighted by atomic mass is 10.1. The molecule has 2 rings (SSSR count). The Hall–Kier alpha value is -2.01. The van der Waals surface area contributed by atoms with Crippen LogP contribution in [-0.4, -0.2) is 19.1 Å². The molecule has 3 N–H and O–H groups in total. The fourth-order valence-electron chi connectivity index (χ4n) is 1.83. The van der Waals surface area contributed by atoms with Gasteiger partial charge in [-0.25, -0.2) is 0 Å². The molecular formula is C16H17BrN2O2. The number of rotatable bonds is 5. The van der Waals surface area contributed by atoms with Crippen LogP contribution in [0.4, 0.5) is 5.69 Å². The Balaban J connectivity index is 1.81. The van der Waals surface area contributed by atoms with Crippen LogP contribution in [0.1, 0.15) is 15.9 Å². The van der Waals surface area contributed by atoms with Crippen LogP contribution < -0.4 is 15.8 Å². The largest absolute Gasteiger partial charge is 0.492 e. The van der Waals surface area contributed by atoms with Crippen LogP contribution in [-0.2, 0) is 0 Å². The van der Waals surface area contributed by atoms with E-state index in [1.165, 1.54) is 0 Å². The second kappa shape index (κ2) is 7.13. The number of anilines is 1. The molecule has 0 aliphatic carbocycles. The molecule has 0 aliphatic rings. The third-order valence-electron chi connectivity index (χ3n) is 2.98. The van der Waals surface area contributed by atoms with Gasteiger partial charge in [-0.3, -0.25) is 4.79 Å². The van der Waals surface area contributed by atoms with Gasteiger partial charge in [-0.05, 0) is 48.9 Å². The van der Waals surface area contributed by atoms with Crippen molar-refractivity contribution in [1.29, 1.82) is 0 Å². The van der Waals surface area contributed by atoms with Crippen LogP contribution in [0.3, 0.4) is 0 Å². The summed E-state index contributed by atoms with van der Waals surface area (Å²) in [5.41, 5.74) is 7.89. The van der Waals surface area contributed by atoms with E-state index in [9.17, 15) is 4.79 Å². The minimum atomic E-state index is -0.102. The molecule has 0 radical (unpaired) electrons. The van der Waals surface area contributed by atoms with E-state index in [0.29, 0.717) is 24.4 Å². The highest BCUT2D eigenvalue weighted by Gasteiger charge is 2.08. The number of aryl methyl sites for hydroxylation is 1. The number of ether oxygens (including phenoxy) is 1. The molecule has 0 aliphatic heterocycles. The molecule has 0 aromatic heterocycles. The standard InChI is InChI=1S/C16H17BrN2O2/c1-11-2-3-12(17)10-15(11)16(20)19-8-9-21-14-6-4-13(18)5-7-14/h2-7,10H,8-9,18H2,1H3,(H,19,20). The average molecular weight is 349 g/mol. The maximum atomic E-state index is 12.1. The summed E-state index contributed by atoms with van der Waals surface area (Å²) in [5, 5.41) is 2.84. The predicted octanol–water partition coefficient (Wildman–Crippen LogP) is 3.15. The van der Waals surface area contributed by atoms with Gasteiger partial charge in [0.05, 0.1) is 6.54 Å². The Morgan fingerprint density at radius 2 is 1.95 bits per heavy atom. The number of carbonyl (C=O) groups is 1. The Kier molecular flexibility index (Phi) is 5.22. The van der Waals surface area contributed by atoms with E-state index in [4.69, 9.17) is 10.5 Å². The zero-order chi connectivity index (χ0) is 15.2. The first-order valence-electron chi connectivity index (χ1n) is 6.59. The summed E-state index contributed by atoms with van der Waals surface area (Å²) in [5.74, 6) is 0.631. The van der Waals surface area contributed by atoms with Crippen LogP contribution in [0, 0.1) is 6.92 Å². The van der Waals surface area contributed by atoms with Gasteiger partial charge in [0.15, 0.2) is 0 Å². The third-order valence-corrected chi connectivity index (χ3v) is 3.47. The molecule has 2 aromatic rings. The van der Waals surface area contributed by atoms with E-state index in [2.05, 4.69) is 21.2 Å². The maximum absolute atomic E-state index is 12.1. The molecule has 1 amide bonds. The lowest BCUT2D eigenvalue weighted by Crippen LogP contribution is -2.28. The summed E-state index contributed by atoms with van der Waals surface area (Å²) in [7, 11) is 0. The van der Waals surface area contributed by atoms with Crippen LogP contribution >= 0.6 is 15.9 Å². The van der Waals surface area contributed by atoms with Gasteiger partial charge in [0.1, 0.15) is 12.4 Å². The highest BCUT2D eigenvalue weighted by molar-refractivity contribution is 9.10. The average Bonchev–Trinajstić information content (AvgIpc) is 2.47. The first-order chi connectivity index (χ1) is 10.1. The number of nitrogens with one attached hydrogen (secondary N) is 1. The number of halogens is 1. The van der Waals surface area contributed by atoms with E-state index < -0.39 is 0 Å². The molecule has 4 nitrogen and oxygen atoms in total. The van der Waals surface area contributed by atoms with E-state index in [0.717, 1.165) is 15.8 Å². The Labute approximate surface area is 132 Å². The van der Waals surface area contributed by atoms with Crippen molar-refractivity contribution < 1.29 is 9.53 Å². The summed E-state index contributed by atoms with van der Waals surface area (Å²) in [6.07, 6.45) is 0. The topological polar surface area (TPSA) is 64.3 Å². The maximum Gasteiger partial charge on any atom is 0.251 e. The van der Waals surface area contributed by atoms with Crippen molar-refractivity contribution in [3.8, 4) is 5.75 Å². The highest BCUT2D eigenvalue weighted by Crippen LogP contribution is 2.16. The van der Waals surface area contributed by atoms with E-state index in [1.54, 1.807) is 24.3 Å². The molecule has 0 bridgehead atoms. The van der Waals surface area contributed by atoms with Crippen LogP contribution in [0.15, 0.2) is 46.9 Å². The highest BCUT2D eigenvalue weighted by atomic mass is 79.9. The number of hydrogen-bond donors (Lipinski definition) is 2. The molecule has 110 valence electrons. The van der Waals surface area contributed by atoms with E-state index in [-0.39, 0.29) is 5.91 Å². The molecule has 0 unspecified atom stereocenters. The van der Waals surface area contributed by atoms with Gasteiger partial charge in [-0.1, -0.05) is 22.0 Å². The quantitative estimate of drug-likeness (QED) is 0.644. The minimum Gasteiger partial charge on any atom is -0.492 e. The van der Waals surface area contributed by atoms with Crippen molar-refractivity contribution in [3.63, 3.8) is 0 Å². The van der Waals surface area contributed by atoms with Crippen LogP contribution in [0.25, 0.3) is 0 Å². The molecular weight excluding hydrogens is 332 g/mol. The number of benzene rings is 2. The molecule has 0 heterocycles. The lowest BCUT2D eigenvalue weighted by Gasteiger charge is -2.09. The number of nitrogens with two attached hydrogens (primary N) is 1. The number of carbonyl (C=O) groups excluding carboxylic acids is 1. The Morgan fingerprint density at radius 3 is 2.67 bits per heavy atom. The Morgan fingerprint density at radius 1 is 1.24 bits per heavy atom. The number of hydrogen-bond acceptors (Lipinski definition) is 3. The normalized spacial score (nSPS) is 10.2. The summed E-state index contributed by atoms with van der Waals surface area (Å²) < 4.78 is 6.41. The van der Waals surface area contributed by atoms with Crippen molar-refractivity contribution in [3.05, 3.63) is 58.1 Å². The Bertz CT molecular complexity index is 627. The monoisotopic (exact) mass is 348 g/mol. The van der Waals surface area contributed by atoms with Crippen LogP contribution in [0.2, 0.25) is 0 Å². The summed E-state index contributed by atoms with van der Waals surface area (Å²) in [6, 6.07) is 12.8. The fraction of sp³-hybridized carbons (Fsp3) is 0.188. The first kappa shape index (κ1) is 15.4. The molecule has 0 atom stereocenters. The zero-order valence-corrected chi connectivity index (χ0v) is 13.3. The van der Waals surface area contributed by atoms with Crippen molar-refractivity contribution in [1.82, 2.24) is 5.32 Å². The number of amides is 1. The summed E-state index contributed by atoms with van der Waals surface area (Å²) in [6.45, 7) is 2.75. The van der Waals surface area contributed by atoms with Gasteiger partial charge < -0.3 is 15.8 Å². The second-order valence-electron chi connectivity index (χ2n) is 4.63. The van der Waals surface area contributed by atoms with Gasteiger partial charge in [-0.2, -0.15) is 0 Å². The van der Waals surface area contributed by atoms with Crippen molar-refractivity contribution in [2.75, 3.05) is 18.9 Å². The zero-order valence-electron chi connectivity index (χ0n) is 11.7. The number of nitrogen functional groups attached to an aromatic ring is 1. The minimum absolute atomic E-state index is 0.102. The van der Waals surface area contributed by atoms with Gasteiger partial charge in [0, 0.05) is 15.7 Å². The van der Waals surface area contributed by atoms with Crippen molar-refractivity contribution in [2.24, 2.45) is 0 Å². The van der Waals surface area contributed by atoms with Gasteiger partial charge in [0.2, 0.25) is 0 Å². The van der Waals surface area contributed by atoms with Crippen LogP contribution in [0.5, 0.6) is 5.75 Å². The van der Waals surface area contributed by atoms with Gasteiger partial charge in [0.25, 0.3) is 5.91 Å². The lowest BCUT2D eigenvalue weighted by molar-refractivity contribution is 0.0946. The summed E-state index contributed by atoms with van der Waals surface area (Å²) in [4.78, 5) is 12.1. The molecule has 2 aromatic carbocycles. The molecule has 0 saturated carbocycles. The molecule has 21 heavy (non-hydrogen) atoms.